The topological polar surface area (TPSA) is 73.6 Å². The third-order valence-corrected chi connectivity index (χ3v) is 4.31. The predicted molar refractivity (Wildman–Crippen MR) is 91.8 cm³/mol. The van der Waals surface area contributed by atoms with Crippen LogP contribution < -0.4 is 9.64 Å². The van der Waals surface area contributed by atoms with Crippen LogP contribution in [0.1, 0.15) is 5.56 Å². The highest BCUT2D eigenvalue weighted by molar-refractivity contribution is 8.19. The van der Waals surface area contributed by atoms with Crippen molar-refractivity contribution >= 4 is 34.6 Å². The molecule has 7 heteroatoms. The molecule has 0 atom stereocenters. The summed E-state index contributed by atoms with van der Waals surface area (Å²) in [7, 11) is 1.43. The van der Waals surface area contributed by atoms with Crippen LogP contribution in [0.15, 0.2) is 47.4 Å². The average Bonchev–Trinajstić information content (AvgIpc) is 2.84. The quantitative estimate of drug-likeness (QED) is 0.835. The van der Waals surface area contributed by atoms with Crippen LogP contribution in [0.3, 0.4) is 0 Å². The van der Waals surface area contributed by atoms with Crippen molar-refractivity contribution in [2.75, 3.05) is 12.0 Å². The van der Waals surface area contributed by atoms with Crippen molar-refractivity contribution in [2.45, 2.75) is 0 Å². The van der Waals surface area contributed by atoms with Gasteiger partial charge in [0.2, 0.25) is 0 Å². The number of anilines is 1. The zero-order valence-corrected chi connectivity index (χ0v) is 13.4. The Balaban J connectivity index is 1.96. The molecule has 1 amide bonds. The van der Waals surface area contributed by atoms with Gasteiger partial charge in [-0.1, -0.05) is 18.2 Å². The number of rotatable bonds is 3. The van der Waals surface area contributed by atoms with Gasteiger partial charge in [-0.05, 0) is 47.7 Å². The van der Waals surface area contributed by atoms with Gasteiger partial charge in [-0.2, -0.15) is 0 Å². The van der Waals surface area contributed by atoms with Crippen LogP contribution in [0.4, 0.5) is 10.1 Å². The molecule has 5 nitrogen and oxygen atoms in total. The molecular weight excluding hydrogens is 331 g/mol. The molecule has 1 saturated heterocycles. The number of thioether (sulfide) groups is 1. The van der Waals surface area contributed by atoms with Gasteiger partial charge in [-0.25, -0.2) is 4.39 Å². The molecule has 1 heterocycles. The van der Waals surface area contributed by atoms with Gasteiger partial charge in [0.15, 0.2) is 16.7 Å². The van der Waals surface area contributed by atoms with Gasteiger partial charge in [0, 0.05) is 0 Å². The molecule has 2 aromatic rings. The third kappa shape index (κ3) is 2.85. The average molecular weight is 344 g/mol. The maximum atomic E-state index is 13.9. The number of para-hydroxylation sites is 1. The van der Waals surface area contributed by atoms with Crippen molar-refractivity contribution in [1.82, 2.24) is 0 Å². The Morgan fingerprint density at radius 1 is 1.29 bits per heavy atom. The van der Waals surface area contributed by atoms with Crippen molar-refractivity contribution < 1.29 is 19.0 Å². The number of hydrogen-bond donors (Lipinski definition) is 2. The maximum Gasteiger partial charge on any atom is 0.271 e. The molecule has 0 radical (unpaired) electrons. The second kappa shape index (κ2) is 6.37. The molecular formula is C17H13FN2O3S. The van der Waals surface area contributed by atoms with Crippen LogP contribution in [0.2, 0.25) is 0 Å². The molecule has 0 bridgehead atoms. The van der Waals surface area contributed by atoms with Gasteiger partial charge in [0.05, 0.1) is 17.7 Å². The Morgan fingerprint density at radius 3 is 2.75 bits per heavy atom. The number of amides is 1. The molecule has 0 unspecified atom stereocenters. The highest BCUT2D eigenvalue weighted by Crippen LogP contribution is 2.37. The second-order valence-corrected chi connectivity index (χ2v) is 5.97. The summed E-state index contributed by atoms with van der Waals surface area (Å²) in [4.78, 5) is 13.9. The fourth-order valence-electron chi connectivity index (χ4n) is 2.27. The summed E-state index contributed by atoms with van der Waals surface area (Å²) in [5.74, 6) is -0.766. The number of hydrogen-bond acceptors (Lipinski definition) is 5. The molecule has 1 aliphatic rings. The molecule has 24 heavy (non-hydrogen) atoms. The second-order valence-electron chi connectivity index (χ2n) is 4.94. The van der Waals surface area contributed by atoms with Gasteiger partial charge in [0.1, 0.15) is 5.82 Å². The number of phenols is 1. The summed E-state index contributed by atoms with van der Waals surface area (Å²) in [5, 5.41) is 17.5. The number of halogens is 1. The van der Waals surface area contributed by atoms with E-state index < -0.39 is 11.7 Å². The number of phenolic OH excluding ortho intramolecular Hbond substituents is 1. The van der Waals surface area contributed by atoms with Crippen LogP contribution in [0.5, 0.6) is 11.5 Å². The van der Waals surface area contributed by atoms with Crippen LogP contribution in [0, 0.1) is 11.2 Å². The molecule has 0 aliphatic carbocycles. The lowest BCUT2D eigenvalue weighted by atomic mass is 10.2. The fourth-order valence-corrected chi connectivity index (χ4v) is 3.13. The van der Waals surface area contributed by atoms with E-state index in [-0.39, 0.29) is 27.3 Å². The van der Waals surface area contributed by atoms with E-state index in [0.29, 0.717) is 5.56 Å². The van der Waals surface area contributed by atoms with Gasteiger partial charge < -0.3 is 9.84 Å². The van der Waals surface area contributed by atoms with Crippen molar-refractivity contribution in [3.8, 4) is 11.5 Å². The summed E-state index contributed by atoms with van der Waals surface area (Å²) in [6, 6.07) is 10.5. The lowest BCUT2D eigenvalue weighted by Crippen LogP contribution is -2.28. The lowest BCUT2D eigenvalue weighted by Gasteiger charge is -2.14. The van der Waals surface area contributed by atoms with E-state index in [1.54, 1.807) is 24.3 Å². The zero-order chi connectivity index (χ0) is 17.3. The highest BCUT2D eigenvalue weighted by Gasteiger charge is 2.34. The van der Waals surface area contributed by atoms with Crippen LogP contribution >= 0.6 is 11.8 Å². The monoisotopic (exact) mass is 344 g/mol. The number of ether oxygens (including phenoxy) is 1. The third-order valence-electron chi connectivity index (χ3n) is 3.42. The Bertz CT molecular complexity index is 867. The minimum Gasteiger partial charge on any atom is -0.504 e. The van der Waals surface area contributed by atoms with E-state index in [1.165, 1.54) is 31.4 Å². The van der Waals surface area contributed by atoms with Gasteiger partial charge in [-0.3, -0.25) is 15.1 Å². The number of nitrogens with one attached hydrogen (secondary N) is 1. The summed E-state index contributed by atoms with van der Waals surface area (Å²) >= 11 is 0.949. The Kier molecular flexibility index (Phi) is 4.26. The first-order chi connectivity index (χ1) is 11.5. The Morgan fingerprint density at radius 2 is 2.04 bits per heavy atom. The minimum absolute atomic E-state index is 0.00854. The number of amidine groups is 1. The van der Waals surface area contributed by atoms with Gasteiger partial charge >= 0.3 is 0 Å². The normalized spacial score (nSPS) is 16.1. The van der Waals surface area contributed by atoms with E-state index in [1.807, 2.05) is 0 Å². The van der Waals surface area contributed by atoms with E-state index in [2.05, 4.69) is 0 Å². The molecule has 1 fully saturated rings. The first-order valence-corrected chi connectivity index (χ1v) is 7.77. The van der Waals surface area contributed by atoms with Gasteiger partial charge in [0.25, 0.3) is 5.91 Å². The first-order valence-electron chi connectivity index (χ1n) is 6.95. The molecule has 0 spiro atoms. The summed E-state index contributed by atoms with van der Waals surface area (Å²) in [6.45, 7) is 0. The SMILES string of the molecule is COc1cc(/C=C2/SC(=N)N(c3ccccc3F)C2=O)ccc1O. The summed E-state index contributed by atoms with van der Waals surface area (Å²) in [5.41, 5.74) is 0.676. The van der Waals surface area contributed by atoms with Gasteiger partial charge in [-0.15, -0.1) is 0 Å². The van der Waals surface area contributed by atoms with E-state index >= 15 is 0 Å². The van der Waals surface area contributed by atoms with Crippen LogP contribution in [-0.4, -0.2) is 23.3 Å². The van der Waals surface area contributed by atoms with E-state index in [0.717, 1.165) is 16.7 Å². The number of carbonyl (C=O) groups is 1. The summed E-state index contributed by atoms with van der Waals surface area (Å²) < 4.78 is 19.0. The standard InChI is InChI=1S/C17H13FN2O3S/c1-23-14-8-10(6-7-13(14)21)9-15-16(22)20(17(19)24-15)12-5-3-2-4-11(12)18/h2-9,19,21H,1H3/b15-9+,19-17?. The number of aromatic hydroxyl groups is 1. The molecule has 3 rings (SSSR count). The lowest BCUT2D eigenvalue weighted by molar-refractivity contribution is -0.113. The largest absolute Gasteiger partial charge is 0.504 e. The minimum atomic E-state index is -0.566. The highest BCUT2D eigenvalue weighted by atomic mass is 32.2. The van der Waals surface area contributed by atoms with Crippen LogP contribution in [0.25, 0.3) is 6.08 Å². The van der Waals surface area contributed by atoms with E-state index in [9.17, 15) is 14.3 Å². The van der Waals surface area contributed by atoms with Crippen molar-refractivity contribution in [3.63, 3.8) is 0 Å². The number of methoxy groups -OCH3 is 1. The molecule has 0 aromatic heterocycles. The molecule has 1 aliphatic heterocycles. The number of nitrogens with zero attached hydrogens (tertiary/aromatic N) is 1. The van der Waals surface area contributed by atoms with E-state index in [4.69, 9.17) is 10.1 Å². The Labute approximate surface area is 141 Å². The maximum absolute atomic E-state index is 13.9. The van der Waals surface area contributed by atoms with Crippen molar-refractivity contribution in [1.29, 1.82) is 5.41 Å². The predicted octanol–water partition coefficient (Wildman–Crippen LogP) is 3.60. The smallest absolute Gasteiger partial charge is 0.271 e. The first kappa shape index (κ1) is 16.1. The molecule has 0 saturated carbocycles. The summed E-state index contributed by atoms with van der Waals surface area (Å²) in [6.07, 6.45) is 1.57. The fraction of sp³-hybridized carbons (Fsp3) is 0.0588. The zero-order valence-electron chi connectivity index (χ0n) is 12.6. The Hall–Kier alpha value is -2.80. The molecule has 2 aromatic carbocycles. The van der Waals surface area contributed by atoms with Crippen molar-refractivity contribution in [2.24, 2.45) is 0 Å². The molecule has 122 valence electrons. The van der Waals surface area contributed by atoms with Crippen molar-refractivity contribution in [3.05, 3.63) is 58.8 Å². The van der Waals surface area contributed by atoms with Crippen LogP contribution in [-0.2, 0) is 4.79 Å². The molecule has 2 N–H and O–H groups in total. The number of benzene rings is 2. The number of carbonyl (C=O) groups excluding carboxylic acids is 1.